The fourth-order valence-electron chi connectivity index (χ4n) is 2.60. The molecule has 5 nitrogen and oxygen atoms in total. The van der Waals surface area contributed by atoms with Gasteiger partial charge >= 0.3 is 0 Å². The monoisotopic (exact) mass is 291 g/mol. The number of aromatic amines is 1. The Hall–Kier alpha value is -1.79. The summed E-state index contributed by atoms with van der Waals surface area (Å²) in [6.45, 7) is 0.961. The molecule has 0 bridgehead atoms. The quantitative estimate of drug-likeness (QED) is 0.828. The van der Waals surface area contributed by atoms with Gasteiger partial charge in [-0.05, 0) is 30.2 Å². The molecule has 0 saturated heterocycles. The van der Waals surface area contributed by atoms with E-state index in [2.05, 4.69) is 4.98 Å². The zero-order valence-corrected chi connectivity index (χ0v) is 12.1. The maximum Gasteiger partial charge on any atom is 0.211 e. The zero-order chi connectivity index (χ0) is 14.3. The Morgan fingerprint density at radius 1 is 1.35 bits per heavy atom. The van der Waals surface area contributed by atoms with Crippen LogP contribution in [-0.4, -0.2) is 37.1 Å². The summed E-state index contributed by atoms with van der Waals surface area (Å²) in [5.74, 6) is 0. The minimum atomic E-state index is -3.11. The molecule has 0 amide bonds. The van der Waals surface area contributed by atoms with E-state index < -0.39 is 10.0 Å². The van der Waals surface area contributed by atoms with E-state index in [1.165, 1.54) is 16.1 Å². The lowest BCUT2D eigenvalue weighted by Crippen LogP contribution is -2.33. The lowest BCUT2D eigenvalue weighted by Gasteiger charge is -2.24. The second-order valence-corrected chi connectivity index (χ2v) is 7.09. The van der Waals surface area contributed by atoms with E-state index in [-0.39, 0.29) is 0 Å². The molecule has 3 rings (SSSR count). The fraction of sp³-hybridized carbons (Fsp3) is 0.286. The second kappa shape index (κ2) is 4.64. The zero-order valence-electron chi connectivity index (χ0n) is 11.3. The number of nitrogens with one attached hydrogen (secondary N) is 1. The number of nitrogens with two attached hydrogens (primary N) is 1. The number of rotatable bonds is 2. The average molecular weight is 291 g/mol. The Kier molecular flexibility index (Phi) is 3.07. The van der Waals surface area contributed by atoms with Crippen LogP contribution < -0.4 is 5.73 Å². The van der Waals surface area contributed by atoms with Crippen LogP contribution in [0.15, 0.2) is 30.5 Å². The normalized spacial score (nSPS) is 17.4. The first-order valence-electron chi connectivity index (χ1n) is 6.46. The molecule has 0 fully saturated rings. The molecule has 2 aromatic rings. The number of H-pyrrole nitrogens is 1. The van der Waals surface area contributed by atoms with Gasteiger partial charge in [0, 0.05) is 41.4 Å². The van der Waals surface area contributed by atoms with Gasteiger partial charge < -0.3 is 10.7 Å². The van der Waals surface area contributed by atoms with Gasteiger partial charge in [-0.1, -0.05) is 6.08 Å². The summed E-state index contributed by atoms with van der Waals surface area (Å²) in [6.07, 6.45) is 5.91. The minimum Gasteiger partial charge on any atom is -0.399 e. The van der Waals surface area contributed by atoms with Crippen LogP contribution in [0, 0.1) is 0 Å². The van der Waals surface area contributed by atoms with Gasteiger partial charge in [-0.2, -0.15) is 4.31 Å². The van der Waals surface area contributed by atoms with Crippen molar-refractivity contribution < 1.29 is 8.42 Å². The Labute approximate surface area is 118 Å². The summed E-state index contributed by atoms with van der Waals surface area (Å²) in [7, 11) is -3.11. The van der Waals surface area contributed by atoms with E-state index in [1.54, 1.807) is 0 Å². The molecule has 1 aliphatic rings. The Balaban J connectivity index is 1.97. The predicted octanol–water partition coefficient (Wildman–Crippen LogP) is 1.80. The lowest BCUT2D eigenvalue weighted by molar-refractivity contribution is 0.446. The van der Waals surface area contributed by atoms with Gasteiger partial charge in [0.15, 0.2) is 0 Å². The molecule has 106 valence electrons. The highest BCUT2D eigenvalue weighted by molar-refractivity contribution is 7.88. The lowest BCUT2D eigenvalue weighted by atomic mass is 9.99. The van der Waals surface area contributed by atoms with Crippen LogP contribution >= 0.6 is 0 Å². The van der Waals surface area contributed by atoms with Crippen LogP contribution in [0.3, 0.4) is 0 Å². The van der Waals surface area contributed by atoms with Crippen LogP contribution in [0.2, 0.25) is 0 Å². The van der Waals surface area contributed by atoms with Gasteiger partial charge in [-0.25, -0.2) is 8.42 Å². The van der Waals surface area contributed by atoms with Crippen molar-refractivity contribution in [1.29, 1.82) is 0 Å². The highest BCUT2D eigenvalue weighted by Gasteiger charge is 2.21. The van der Waals surface area contributed by atoms with Crippen molar-refractivity contribution in [3.63, 3.8) is 0 Å². The van der Waals surface area contributed by atoms with Gasteiger partial charge in [0.25, 0.3) is 0 Å². The van der Waals surface area contributed by atoms with Crippen LogP contribution in [0.5, 0.6) is 0 Å². The van der Waals surface area contributed by atoms with E-state index in [0.29, 0.717) is 13.1 Å². The Morgan fingerprint density at radius 3 is 2.80 bits per heavy atom. The van der Waals surface area contributed by atoms with Crippen molar-refractivity contribution >= 4 is 32.2 Å². The predicted molar refractivity (Wildman–Crippen MR) is 81.7 cm³/mol. The van der Waals surface area contributed by atoms with Crippen molar-refractivity contribution in [1.82, 2.24) is 9.29 Å². The van der Waals surface area contributed by atoms with Gasteiger partial charge in [0.05, 0.1) is 6.26 Å². The molecule has 2 heterocycles. The van der Waals surface area contributed by atoms with E-state index in [9.17, 15) is 8.42 Å². The van der Waals surface area contributed by atoms with Crippen molar-refractivity contribution in [2.45, 2.75) is 6.42 Å². The van der Waals surface area contributed by atoms with Crippen LogP contribution in [0.25, 0.3) is 16.5 Å². The van der Waals surface area contributed by atoms with Gasteiger partial charge in [0.2, 0.25) is 10.0 Å². The highest BCUT2D eigenvalue weighted by Crippen LogP contribution is 2.30. The molecule has 6 heteroatoms. The smallest absolute Gasteiger partial charge is 0.211 e. The number of sulfonamides is 1. The standard InChI is InChI=1S/C14H17N3O2S/c1-20(18,19)17-6-4-10(5-7-17)13-9-16-14-3-2-11(15)8-12(13)14/h2-4,8-9,16H,5-7,15H2,1H3. The third-order valence-electron chi connectivity index (χ3n) is 3.69. The maximum absolute atomic E-state index is 11.5. The SMILES string of the molecule is CS(=O)(=O)N1CC=C(c2c[nH]c3ccc(N)cc23)CC1. The van der Waals surface area contributed by atoms with E-state index in [1.807, 2.05) is 30.5 Å². The number of aromatic nitrogens is 1. The molecular weight excluding hydrogens is 274 g/mol. The topological polar surface area (TPSA) is 79.2 Å². The summed E-state index contributed by atoms with van der Waals surface area (Å²) in [4.78, 5) is 3.23. The summed E-state index contributed by atoms with van der Waals surface area (Å²) >= 11 is 0. The molecular formula is C14H17N3O2S. The minimum absolute atomic E-state index is 0.434. The number of anilines is 1. The summed E-state index contributed by atoms with van der Waals surface area (Å²) in [6, 6.07) is 5.77. The highest BCUT2D eigenvalue weighted by atomic mass is 32.2. The molecule has 1 aliphatic heterocycles. The van der Waals surface area contributed by atoms with Crippen LogP contribution in [0.4, 0.5) is 5.69 Å². The first-order valence-corrected chi connectivity index (χ1v) is 8.31. The largest absolute Gasteiger partial charge is 0.399 e. The molecule has 0 unspecified atom stereocenters. The molecule has 1 aromatic heterocycles. The molecule has 0 saturated carbocycles. The first-order chi connectivity index (χ1) is 9.45. The van der Waals surface area contributed by atoms with E-state index >= 15 is 0 Å². The number of nitrogen functional groups attached to an aromatic ring is 1. The van der Waals surface area contributed by atoms with Crippen molar-refractivity contribution in [2.24, 2.45) is 0 Å². The van der Waals surface area contributed by atoms with E-state index in [0.717, 1.165) is 28.6 Å². The van der Waals surface area contributed by atoms with Gasteiger partial charge in [0.1, 0.15) is 0 Å². The van der Waals surface area contributed by atoms with Crippen molar-refractivity contribution in [3.8, 4) is 0 Å². The maximum atomic E-state index is 11.5. The summed E-state index contributed by atoms with van der Waals surface area (Å²) in [5.41, 5.74) is 9.89. The van der Waals surface area contributed by atoms with Crippen molar-refractivity contribution in [3.05, 3.63) is 36.0 Å². The van der Waals surface area contributed by atoms with E-state index in [4.69, 9.17) is 5.73 Å². The molecule has 0 spiro atoms. The molecule has 0 atom stereocenters. The third kappa shape index (κ3) is 2.32. The summed E-state index contributed by atoms with van der Waals surface area (Å²) in [5, 5.41) is 1.09. The number of fused-ring (bicyclic) bond motifs is 1. The molecule has 1 aromatic carbocycles. The van der Waals surface area contributed by atoms with Crippen LogP contribution in [-0.2, 0) is 10.0 Å². The van der Waals surface area contributed by atoms with Gasteiger partial charge in [-0.3, -0.25) is 0 Å². The first kappa shape index (κ1) is 13.2. The van der Waals surface area contributed by atoms with Gasteiger partial charge in [-0.15, -0.1) is 0 Å². The third-order valence-corrected chi connectivity index (χ3v) is 4.96. The molecule has 0 radical (unpaired) electrons. The summed E-state index contributed by atoms with van der Waals surface area (Å²) < 4.78 is 24.5. The number of nitrogens with zero attached hydrogens (tertiary/aromatic N) is 1. The molecule has 3 N–H and O–H groups in total. The second-order valence-electron chi connectivity index (χ2n) is 5.11. The van der Waals surface area contributed by atoms with Crippen molar-refractivity contribution in [2.75, 3.05) is 25.1 Å². The molecule has 20 heavy (non-hydrogen) atoms. The Bertz CT molecular complexity index is 790. The molecule has 0 aliphatic carbocycles. The number of hydrogen-bond acceptors (Lipinski definition) is 3. The number of benzene rings is 1. The van der Waals surface area contributed by atoms with Crippen LogP contribution in [0.1, 0.15) is 12.0 Å². The average Bonchev–Trinajstić information content (AvgIpc) is 2.81. The fourth-order valence-corrected chi connectivity index (χ4v) is 3.37. The number of hydrogen-bond donors (Lipinski definition) is 2. The Morgan fingerprint density at radius 2 is 2.15 bits per heavy atom.